The van der Waals surface area contributed by atoms with E-state index in [1.54, 1.807) is 25.3 Å². The second-order valence-corrected chi connectivity index (χ2v) is 5.30. The Kier molecular flexibility index (Phi) is 5.28. The highest BCUT2D eigenvalue weighted by Crippen LogP contribution is 2.27. The van der Waals surface area contributed by atoms with Gasteiger partial charge in [-0.15, -0.1) is 0 Å². The summed E-state index contributed by atoms with van der Waals surface area (Å²) < 4.78 is 5.09. The molecule has 0 aliphatic rings. The summed E-state index contributed by atoms with van der Waals surface area (Å²) in [4.78, 5) is 12.2. The monoisotopic (exact) mass is 318 g/mol. The third-order valence-electron chi connectivity index (χ3n) is 3.39. The highest BCUT2D eigenvalue weighted by Gasteiger charge is 2.09. The predicted octanol–water partition coefficient (Wildman–Crippen LogP) is 4.86. The maximum atomic E-state index is 12.2. The molecule has 0 heterocycles. The summed E-state index contributed by atoms with van der Waals surface area (Å²) >= 11 is 6.05. The molecule has 2 amide bonds. The van der Waals surface area contributed by atoms with E-state index in [9.17, 15) is 4.79 Å². The predicted molar refractivity (Wildman–Crippen MR) is 91.2 cm³/mol. The Morgan fingerprint density at radius 1 is 1.23 bits per heavy atom. The van der Waals surface area contributed by atoms with Gasteiger partial charge >= 0.3 is 6.03 Å². The molecule has 0 aromatic heterocycles. The number of para-hydroxylation sites is 1. The summed E-state index contributed by atoms with van der Waals surface area (Å²) in [6.45, 7) is 4.03. The SMILES string of the molecule is CCc1cccc(C)c1NC(=O)Nc1ccc(OC)c(Cl)c1. The zero-order chi connectivity index (χ0) is 16.1. The molecule has 0 atom stereocenters. The van der Waals surface area contributed by atoms with Crippen LogP contribution in [0.5, 0.6) is 5.75 Å². The number of carbonyl (C=O) groups is 1. The summed E-state index contributed by atoms with van der Waals surface area (Å²) in [5, 5.41) is 6.12. The Bertz CT molecular complexity index is 686. The van der Waals surface area contributed by atoms with Gasteiger partial charge in [0.05, 0.1) is 12.1 Å². The molecule has 0 saturated carbocycles. The minimum Gasteiger partial charge on any atom is -0.495 e. The number of anilines is 2. The van der Waals surface area contributed by atoms with Crippen molar-refractivity contribution in [2.75, 3.05) is 17.7 Å². The van der Waals surface area contributed by atoms with Crippen molar-refractivity contribution in [1.82, 2.24) is 0 Å². The van der Waals surface area contributed by atoms with E-state index in [0.29, 0.717) is 16.5 Å². The molecular formula is C17H19ClN2O2. The van der Waals surface area contributed by atoms with Gasteiger partial charge in [0.25, 0.3) is 0 Å². The van der Waals surface area contributed by atoms with E-state index in [-0.39, 0.29) is 6.03 Å². The number of carbonyl (C=O) groups excluding carboxylic acids is 1. The van der Waals surface area contributed by atoms with Crippen molar-refractivity contribution in [2.45, 2.75) is 20.3 Å². The van der Waals surface area contributed by atoms with E-state index >= 15 is 0 Å². The van der Waals surface area contributed by atoms with Gasteiger partial charge in [-0.3, -0.25) is 0 Å². The van der Waals surface area contributed by atoms with Gasteiger partial charge < -0.3 is 15.4 Å². The lowest BCUT2D eigenvalue weighted by atomic mass is 10.1. The van der Waals surface area contributed by atoms with E-state index in [4.69, 9.17) is 16.3 Å². The van der Waals surface area contributed by atoms with Crippen LogP contribution in [0.25, 0.3) is 0 Å². The third kappa shape index (κ3) is 3.71. The van der Waals surface area contributed by atoms with E-state index in [2.05, 4.69) is 17.6 Å². The number of benzene rings is 2. The number of hydrogen-bond acceptors (Lipinski definition) is 2. The summed E-state index contributed by atoms with van der Waals surface area (Å²) in [6, 6.07) is 10.8. The highest BCUT2D eigenvalue weighted by atomic mass is 35.5. The van der Waals surface area contributed by atoms with Crippen molar-refractivity contribution in [3.63, 3.8) is 0 Å². The molecule has 0 spiro atoms. The van der Waals surface area contributed by atoms with Gasteiger partial charge in [0.1, 0.15) is 5.75 Å². The number of urea groups is 1. The molecule has 116 valence electrons. The quantitative estimate of drug-likeness (QED) is 0.845. The van der Waals surface area contributed by atoms with Gasteiger partial charge in [0.15, 0.2) is 0 Å². The molecule has 0 saturated heterocycles. The van der Waals surface area contributed by atoms with E-state index in [1.165, 1.54) is 0 Å². The zero-order valence-corrected chi connectivity index (χ0v) is 13.6. The minimum atomic E-state index is -0.301. The molecule has 0 bridgehead atoms. The average Bonchev–Trinajstić information content (AvgIpc) is 2.49. The van der Waals surface area contributed by atoms with Gasteiger partial charge in [-0.2, -0.15) is 0 Å². The first-order chi connectivity index (χ1) is 10.5. The van der Waals surface area contributed by atoms with Crippen molar-refractivity contribution < 1.29 is 9.53 Å². The number of rotatable bonds is 4. The smallest absolute Gasteiger partial charge is 0.323 e. The number of ether oxygens (including phenoxy) is 1. The van der Waals surface area contributed by atoms with Crippen LogP contribution in [-0.4, -0.2) is 13.1 Å². The maximum Gasteiger partial charge on any atom is 0.323 e. The molecule has 0 fully saturated rings. The van der Waals surface area contributed by atoms with Crippen LogP contribution in [0.4, 0.5) is 16.2 Å². The van der Waals surface area contributed by atoms with Crippen molar-refractivity contribution in [1.29, 1.82) is 0 Å². The van der Waals surface area contributed by atoms with Crippen LogP contribution in [0.2, 0.25) is 5.02 Å². The first-order valence-corrected chi connectivity index (χ1v) is 7.43. The fraction of sp³-hybridized carbons (Fsp3) is 0.235. The standard InChI is InChI=1S/C17H19ClN2O2/c1-4-12-7-5-6-11(2)16(12)20-17(21)19-13-8-9-15(22-3)14(18)10-13/h5-10H,4H2,1-3H3,(H2,19,20,21). The molecule has 2 N–H and O–H groups in total. The molecule has 2 aromatic rings. The Balaban J connectivity index is 2.12. The van der Waals surface area contributed by atoms with Crippen molar-refractivity contribution in [2.24, 2.45) is 0 Å². The van der Waals surface area contributed by atoms with Gasteiger partial charge in [-0.1, -0.05) is 36.7 Å². The van der Waals surface area contributed by atoms with Crippen LogP contribution in [0.15, 0.2) is 36.4 Å². The van der Waals surface area contributed by atoms with Gasteiger partial charge in [-0.05, 0) is 42.7 Å². The summed E-state index contributed by atoms with van der Waals surface area (Å²) in [5.41, 5.74) is 3.59. The van der Waals surface area contributed by atoms with E-state index in [0.717, 1.165) is 23.2 Å². The lowest BCUT2D eigenvalue weighted by Crippen LogP contribution is -2.20. The third-order valence-corrected chi connectivity index (χ3v) is 3.68. The molecule has 0 radical (unpaired) electrons. The van der Waals surface area contributed by atoms with E-state index in [1.807, 2.05) is 25.1 Å². The molecule has 2 rings (SSSR count). The van der Waals surface area contributed by atoms with Crippen LogP contribution in [0, 0.1) is 6.92 Å². The molecule has 0 unspecified atom stereocenters. The highest BCUT2D eigenvalue weighted by molar-refractivity contribution is 6.32. The van der Waals surface area contributed by atoms with Crippen molar-refractivity contribution in [3.05, 3.63) is 52.5 Å². The second-order valence-electron chi connectivity index (χ2n) is 4.89. The molecular weight excluding hydrogens is 300 g/mol. The van der Waals surface area contributed by atoms with Crippen LogP contribution < -0.4 is 15.4 Å². The second kappa shape index (κ2) is 7.18. The number of amides is 2. The van der Waals surface area contributed by atoms with Crippen LogP contribution >= 0.6 is 11.6 Å². The van der Waals surface area contributed by atoms with Gasteiger partial charge in [0, 0.05) is 11.4 Å². The number of nitrogens with one attached hydrogen (secondary N) is 2. The fourth-order valence-corrected chi connectivity index (χ4v) is 2.48. The van der Waals surface area contributed by atoms with Gasteiger partial charge in [-0.25, -0.2) is 4.79 Å². The van der Waals surface area contributed by atoms with Crippen molar-refractivity contribution >= 4 is 29.0 Å². The molecule has 4 nitrogen and oxygen atoms in total. The zero-order valence-electron chi connectivity index (χ0n) is 12.9. The fourth-order valence-electron chi connectivity index (χ4n) is 2.22. The number of aryl methyl sites for hydroxylation is 2. The number of methoxy groups -OCH3 is 1. The molecule has 0 aliphatic heterocycles. The van der Waals surface area contributed by atoms with Crippen molar-refractivity contribution in [3.8, 4) is 5.75 Å². The normalized spacial score (nSPS) is 10.2. The van der Waals surface area contributed by atoms with E-state index < -0.39 is 0 Å². The first kappa shape index (κ1) is 16.2. The lowest BCUT2D eigenvalue weighted by molar-refractivity contribution is 0.262. The summed E-state index contributed by atoms with van der Waals surface area (Å²) in [5.74, 6) is 0.569. The molecule has 5 heteroatoms. The molecule has 2 aromatic carbocycles. The van der Waals surface area contributed by atoms with Crippen LogP contribution in [0.3, 0.4) is 0 Å². The van der Waals surface area contributed by atoms with Crippen LogP contribution in [-0.2, 0) is 6.42 Å². The minimum absolute atomic E-state index is 0.301. The Hall–Kier alpha value is -2.20. The van der Waals surface area contributed by atoms with Crippen LogP contribution in [0.1, 0.15) is 18.1 Å². The molecule has 22 heavy (non-hydrogen) atoms. The average molecular weight is 319 g/mol. The maximum absolute atomic E-state index is 12.2. The first-order valence-electron chi connectivity index (χ1n) is 7.05. The summed E-state index contributed by atoms with van der Waals surface area (Å²) in [7, 11) is 1.55. The Labute approximate surface area is 135 Å². The Morgan fingerprint density at radius 3 is 2.64 bits per heavy atom. The molecule has 0 aliphatic carbocycles. The largest absolute Gasteiger partial charge is 0.495 e. The topological polar surface area (TPSA) is 50.4 Å². The lowest BCUT2D eigenvalue weighted by Gasteiger charge is -2.14. The Morgan fingerprint density at radius 2 is 2.00 bits per heavy atom. The summed E-state index contributed by atoms with van der Waals surface area (Å²) in [6.07, 6.45) is 0.853. The number of halogens is 1. The number of hydrogen-bond donors (Lipinski definition) is 2. The van der Waals surface area contributed by atoms with Gasteiger partial charge in [0.2, 0.25) is 0 Å².